The van der Waals surface area contributed by atoms with Gasteiger partial charge in [0.2, 0.25) is 0 Å². The Labute approximate surface area is 103 Å². The van der Waals surface area contributed by atoms with Gasteiger partial charge in [0.15, 0.2) is 0 Å². The Bertz CT molecular complexity index is 492. The van der Waals surface area contributed by atoms with Gasteiger partial charge in [-0.15, -0.1) is 0 Å². The van der Waals surface area contributed by atoms with Crippen LogP contribution in [0, 0.1) is 0 Å². The molecule has 84 valence electrons. The molecular formula is C11H13BrN4. The second-order valence-corrected chi connectivity index (χ2v) is 4.48. The molecule has 0 amide bonds. The standard InChI is InChI=1S/C11H13BrN4/c1-2-3-16-7-15-10(11(16)13)8-4-9(12)6-14-5-8/h4-7H,2-3,13H2,1H3. The fourth-order valence-electron chi connectivity index (χ4n) is 1.57. The van der Waals surface area contributed by atoms with Crippen LogP contribution in [0.15, 0.2) is 29.3 Å². The second kappa shape index (κ2) is 4.65. The highest BCUT2D eigenvalue weighted by Crippen LogP contribution is 2.25. The molecule has 16 heavy (non-hydrogen) atoms. The molecule has 2 rings (SSSR count). The minimum Gasteiger partial charge on any atom is -0.383 e. The summed E-state index contributed by atoms with van der Waals surface area (Å²) in [7, 11) is 0. The van der Waals surface area contributed by atoms with Gasteiger partial charge in [0.1, 0.15) is 11.5 Å². The Hall–Kier alpha value is -1.36. The molecule has 0 radical (unpaired) electrons. The van der Waals surface area contributed by atoms with E-state index in [0.29, 0.717) is 5.82 Å². The summed E-state index contributed by atoms with van der Waals surface area (Å²) in [6, 6.07) is 1.96. The molecule has 0 unspecified atom stereocenters. The van der Waals surface area contributed by atoms with Gasteiger partial charge in [-0.3, -0.25) is 4.98 Å². The van der Waals surface area contributed by atoms with Gasteiger partial charge in [0.05, 0.1) is 6.33 Å². The Morgan fingerprint density at radius 2 is 2.25 bits per heavy atom. The van der Waals surface area contributed by atoms with Gasteiger partial charge in [-0.1, -0.05) is 6.92 Å². The molecule has 5 heteroatoms. The molecule has 4 nitrogen and oxygen atoms in total. The first-order valence-corrected chi connectivity index (χ1v) is 5.93. The molecule has 2 heterocycles. The molecule has 2 N–H and O–H groups in total. The van der Waals surface area contributed by atoms with Crippen molar-refractivity contribution in [3.05, 3.63) is 29.3 Å². The van der Waals surface area contributed by atoms with E-state index in [1.807, 2.05) is 10.6 Å². The van der Waals surface area contributed by atoms with E-state index in [1.54, 1.807) is 18.7 Å². The quantitative estimate of drug-likeness (QED) is 0.941. The molecule has 0 saturated carbocycles. The SMILES string of the molecule is CCCn1cnc(-c2cncc(Br)c2)c1N. The first-order chi connectivity index (χ1) is 7.72. The molecule has 0 atom stereocenters. The molecule has 0 spiro atoms. The van der Waals surface area contributed by atoms with Gasteiger partial charge in [-0.2, -0.15) is 0 Å². The van der Waals surface area contributed by atoms with Crippen molar-refractivity contribution in [2.75, 3.05) is 5.73 Å². The van der Waals surface area contributed by atoms with E-state index in [1.165, 1.54) is 0 Å². The minimum absolute atomic E-state index is 0.696. The predicted molar refractivity (Wildman–Crippen MR) is 67.9 cm³/mol. The summed E-state index contributed by atoms with van der Waals surface area (Å²) in [6.45, 7) is 3.00. The van der Waals surface area contributed by atoms with Gasteiger partial charge in [-0.05, 0) is 28.4 Å². The van der Waals surface area contributed by atoms with E-state index in [4.69, 9.17) is 5.73 Å². The normalized spacial score (nSPS) is 10.6. The van der Waals surface area contributed by atoms with Crippen LogP contribution in [-0.4, -0.2) is 14.5 Å². The number of aromatic nitrogens is 3. The molecule has 0 bridgehead atoms. The molecule has 2 aromatic heterocycles. The van der Waals surface area contributed by atoms with Crippen LogP contribution in [0.25, 0.3) is 11.3 Å². The van der Waals surface area contributed by atoms with Crippen molar-refractivity contribution < 1.29 is 0 Å². The van der Waals surface area contributed by atoms with Crippen LogP contribution in [-0.2, 0) is 6.54 Å². The number of anilines is 1. The van der Waals surface area contributed by atoms with Crippen LogP contribution in [0.5, 0.6) is 0 Å². The maximum absolute atomic E-state index is 6.03. The number of nitrogen functional groups attached to an aromatic ring is 1. The summed E-state index contributed by atoms with van der Waals surface area (Å²) < 4.78 is 2.88. The van der Waals surface area contributed by atoms with Gasteiger partial charge in [-0.25, -0.2) is 4.98 Å². The topological polar surface area (TPSA) is 56.7 Å². The van der Waals surface area contributed by atoms with E-state index in [0.717, 1.165) is 28.7 Å². The summed E-state index contributed by atoms with van der Waals surface area (Å²) in [5.41, 5.74) is 7.75. The van der Waals surface area contributed by atoms with E-state index in [9.17, 15) is 0 Å². The number of hydrogen-bond acceptors (Lipinski definition) is 3. The van der Waals surface area contributed by atoms with Crippen molar-refractivity contribution in [2.24, 2.45) is 0 Å². The lowest BCUT2D eigenvalue weighted by Crippen LogP contribution is -2.01. The lowest BCUT2D eigenvalue weighted by Gasteiger charge is -2.03. The van der Waals surface area contributed by atoms with Gasteiger partial charge in [0.25, 0.3) is 0 Å². The molecule has 0 aromatic carbocycles. The van der Waals surface area contributed by atoms with Gasteiger partial charge >= 0.3 is 0 Å². The largest absolute Gasteiger partial charge is 0.383 e. The van der Waals surface area contributed by atoms with Crippen LogP contribution >= 0.6 is 15.9 Å². The second-order valence-electron chi connectivity index (χ2n) is 3.56. The van der Waals surface area contributed by atoms with Crippen LogP contribution < -0.4 is 5.73 Å². The average Bonchev–Trinajstić information content (AvgIpc) is 2.61. The highest BCUT2D eigenvalue weighted by atomic mass is 79.9. The molecule has 0 fully saturated rings. The Morgan fingerprint density at radius 3 is 2.94 bits per heavy atom. The zero-order chi connectivity index (χ0) is 11.5. The molecular weight excluding hydrogens is 268 g/mol. The van der Waals surface area contributed by atoms with Crippen molar-refractivity contribution in [1.82, 2.24) is 14.5 Å². The zero-order valence-electron chi connectivity index (χ0n) is 9.02. The molecule has 0 aliphatic heterocycles. The minimum atomic E-state index is 0.696. The summed E-state index contributed by atoms with van der Waals surface area (Å²) in [5, 5.41) is 0. The van der Waals surface area contributed by atoms with Crippen molar-refractivity contribution >= 4 is 21.7 Å². The van der Waals surface area contributed by atoms with Gasteiger partial charge in [0, 0.05) is 29.0 Å². The van der Waals surface area contributed by atoms with Crippen LogP contribution in [0.4, 0.5) is 5.82 Å². The third kappa shape index (κ3) is 2.09. The van der Waals surface area contributed by atoms with E-state index >= 15 is 0 Å². The monoisotopic (exact) mass is 280 g/mol. The zero-order valence-corrected chi connectivity index (χ0v) is 10.6. The number of imidazole rings is 1. The van der Waals surface area contributed by atoms with E-state index < -0.39 is 0 Å². The first-order valence-electron chi connectivity index (χ1n) is 5.14. The number of pyridine rings is 1. The Balaban J connectivity index is 2.41. The average molecular weight is 281 g/mol. The molecule has 2 aromatic rings. The first kappa shape index (κ1) is 11.1. The molecule has 0 aliphatic rings. The summed E-state index contributed by atoms with van der Waals surface area (Å²) in [6.07, 6.45) is 6.31. The van der Waals surface area contributed by atoms with E-state index in [-0.39, 0.29) is 0 Å². The lowest BCUT2D eigenvalue weighted by molar-refractivity contribution is 0.686. The maximum Gasteiger partial charge on any atom is 0.131 e. The number of halogens is 1. The Morgan fingerprint density at radius 1 is 1.44 bits per heavy atom. The number of rotatable bonds is 3. The van der Waals surface area contributed by atoms with Crippen molar-refractivity contribution in [2.45, 2.75) is 19.9 Å². The third-order valence-corrected chi connectivity index (χ3v) is 2.75. The maximum atomic E-state index is 6.03. The number of aryl methyl sites for hydroxylation is 1. The summed E-state index contributed by atoms with van der Waals surface area (Å²) >= 11 is 3.38. The fraction of sp³-hybridized carbons (Fsp3) is 0.273. The highest BCUT2D eigenvalue weighted by molar-refractivity contribution is 9.10. The Kier molecular flexibility index (Phi) is 3.24. The van der Waals surface area contributed by atoms with E-state index in [2.05, 4.69) is 32.8 Å². The number of nitrogens with zero attached hydrogens (tertiary/aromatic N) is 3. The third-order valence-electron chi connectivity index (χ3n) is 2.32. The van der Waals surface area contributed by atoms with Crippen LogP contribution in [0.2, 0.25) is 0 Å². The highest BCUT2D eigenvalue weighted by Gasteiger charge is 2.09. The smallest absolute Gasteiger partial charge is 0.131 e. The number of nitrogens with two attached hydrogens (primary N) is 1. The predicted octanol–water partition coefficient (Wildman–Crippen LogP) is 2.70. The summed E-state index contributed by atoms with van der Waals surface area (Å²) in [4.78, 5) is 8.43. The lowest BCUT2D eigenvalue weighted by atomic mass is 10.2. The van der Waals surface area contributed by atoms with Crippen LogP contribution in [0.3, 0.4) is 0 Å². The van der Waals surface area contributed by atoms with Gasteiger partial charge < -0.3 is 10.3 Å². The molecule has 0 aliphatic carbocycles. The summed E-state index contributed by atoms with van der Waals surface area (Å²) in [5.74, 6) is 0.696. The number of hydrogen-bond donors (Lipinski definition) is 1. The van der Waals surface area contributed by atoms with Crippen molar-refractivity contribution in [3.8, 4) is 11.3 Å². The fourth-order valence-corrected chi connectivity index (χ4v) is 1.94. The van der Waals surface area contributed by atoms with Crippen LogP contribution in [0.1, 0.15) is 13.3 Å². The van der Waals surface area contributed by atoms with Crippen molar-refractivity contribution in [3.63, 3.8) is 0 Å². The van der Waals surface area contributed by atoms with Crippen molar-refractivity contribution in [1.29, 1.82) is 0 Å². The molecule has 0 saturated heterocycles.